The minimum atomic E-state index is 0.221. The second kappa shape index (κ2) is 8.06. The highest BCUT2D eigenvalue weighted by Gasteiger charge is 2.36. The van der Waals surface area contributed by atoms with E-state index in [9.17, 15) is 4.79 Å². The minimum Gasteiger partial charge on any atom is -0.461 e. The summed E-state index contributed by atoms with van der Waals surface area (Å²) in [6.45, 7) is 1.56. The van der Waals surface area contributed by atoms with Crippen LogP contribution in [-0.2, 0) is 11.3 Å². The molecule has 2 aliphatic rings. The first-order chi connectivity index (χ1) is 14.3. The molecule has 1 amide bonds. The largest absolute Gasteiger partial charge is 0.461 e. The summed E-state index contributed by atoms with van der Waals surface area (Å²) in [5.74, 6) is 2.70. The van der Waals surface area contributed by atoms with E-state index in [1.165, 1.54) is 24.6 Å². The van der Waals surface area contributed by atoms with Gasteiger partial charge in [0.05, 0.1) is 18.6 Å². The van der Waals surface area contributed by atoms with E-state index in [1.807, 2.05) is 34.9 Å². The molecule has 0 radical (unpaired) electrons. The van der Waals surface area contributed by atoms with Crippen molar-refractivity contribution in [1.29, 1.82) is 0 Å². The van der Waals surface area contributed by atoms with Gasteiger partial charge in [-0.15, -0.1) is 10.2 Å². The first-order valence-corrected chi connectivity index (χ1v) is 11.2. The minimum absolute atomic E-state index is 0.221. The van der Waals surface area contributed by atoms with Gasteiger partial charge in [0, 0.05) is 12.6 Å². The molecule has 0 bridgehead atoms. The van der Waals surface area contributed by atoms with Crippen molar-refractivity contribution in [3.8, 4) is 11.6 Å². The summed E-state index contributed by atoms with van der Waals surface area (Å²) in [6, 6.07) is 14.4. The van der Waals surface area contributed by atoms with Crippen LogP contribution >= 0.6 is 11.8 Å². The summed E-state index contributed by atoms with van der Waals surface area (Å²) >= 11 is 1.47. The van der Waals surface area contributed by atoms with Gasteiger partial charge in [-0.25, -0.2) is 0 Å². The van der Waals surface area contributed by atoms with Gasteiger partial charge in [-0.05, 0) is 49.3 Å². The summed E-state index contributed by atoms with van der Waals surface area (Å²) in [4.78, 5) is 15.0. The van der Waals surface area contributed by atoms with Crippen LogP contribution in [0.2, 0.25) is 0 Å². The molecule has 29 heavy (non-hydrogen) atoms. The van der Waals surface area contributed by atoms with Gasteiger partial charge in [0.25, 0.3) is 0 Å². The second-order valence-corrected chi connectivity index (χ2v) is 8.81. The number of thioether (sulfide) groups is 1. The molecule has 7 heteroatoms. The highest BCUT2D eigenvalue weighted by molar-refractivity contribution is 7.99. The zero-order chi connectivity index (χ0) is 19.6. The smallest absolute Gasteiger partial charge is 0.233 e. The molecule has 0 N–H and O–H groups in total. The fourth-order valence-corrected chi connectivity index (χ4v) is 4.34. The van der Waals surface area contributed by atoms with Crippen LogP contribution in [0.4, 0.5) is 0 Å². The Hall–Kier alpha value is -2.54. The van der Waals surface area contributed by atoms with Crippen molar-refractivity contribution >= 4 is 17.7 Å². The van der Waals surface area contributed by atoms with Crippen molar-refractivity contribution < 1.29 is 9.21 Å². The molecule has 2 aliphatic carbocycles. The number of nitrogens with zero attached hydrogens (tertiary/aromatic N) is 4. The second-order valence-electron chi connectivity index (χ2n) is 7.86. The van der Waals surface area contributed by atoms with E-state index < -0.39 is 0 Å². The third-order valence-electron chi connectivity index (χ3n) is 5.43. The maximum absolute atomic E-state index is 12.9. The number of furan rings is 1. The molecule has 6 nitrogen and oxygen atoms in total. The van der Waals surface area contributed by atoms with Gasteiger partial charge in [-0.3, -0.25) is 9.36 Å². The van der Waals surface area contributed by atoms with Crippen molar-refractivity contribution in [2.45, 2.75) is 43.4 Å². The molecule has 2 heterocycles. The van der Waals surface area contributed by atoms with Crippen molar-refractivity contribution in [2.75, 3.05) is 12.3 Å². The molecule has 0 spiro atoms. The lowest BCUT2D eigenvalue weighted by atomic mass is 10.2. The summed E-state index contributed by atoms with van der Waals surface area (Å²) in [5, 5.41) is 9.48. The van der Waals surface area contributed by atoms with E-state index >= 15 is 0 Å². The normalized spacial score (nSPS) is 16.1. The Morgan fingerprint density at radius 1 is 1.10 bits per heavy atom. The Balaban J connectivity index is 1.34. The molecular weight excluding hydrogens is 384 g/mol. The first-order valence-electron chi connectivity index (χ1n) is 10.2. The SMILES string of the molecule is O=C(CSc1nnc(-c2ccco2)n1Cc1ccccc1)N(CC1CC1)C1CC1. The van der Waals surface area contributed by atoms with Crippen molar-refractivity contribution in [2.24, 2.45) is 5.92 Å². The Morgan fingerprint density at radius 3 is 2.62 bits per heavy atom. The van der Waals surface area contributed by atoms with E-state index in [2.05, 4.69) is 27.2 Å². The topological polar surface area (TPSA) is 64.2 Å². The van der Waals surface area contributed by atoms with E-state index in [4.69, 9.17) is 4.42 Å². The predicted octanol–water partition coefficient (Wildman–Crippen LogP) is 4.08. The lowest BCUT2D eigenvalue weighted by molar-refractivity contribution is -0.129. The average molecular weight is 409 g/mol. The van der Waals surface area contributed by atoms with Crippen molar-refractivity contribution in [3.05, 3.63) is 54.3 Å². The molecule has 150 valence electrons. The van der Waals surface area contributed by atoms with Crippen LogP contribution in [0.3, 0.4) is 0 Å². The molecule has 2 aromatic heterocycles. The van der Waals surface area contributed by atoms with E-state index in [1.54, 1.807) is 6.26 Å². The van der Waals surface area contributed by atoms with Crippen LogP contribution < -0.4 is 0 Å². The van der Waals surface area contributed by atoms with Gasteiger partial charge in [-0.1, -0.05) is 42.1 Å². The van der Waals surface area contributed by atoms with Crippen molar-refractivity contribution in [1.82, 2.24) is 19.7 Å². The zero-order valence-electron chi connectivity index (χ0n) is 16.2. The maximum atomic E-state index is 12.9. The fraction of sp³-hybridized carbons (Fsp3) is 0.409. The molecular formula is C22H24N4O2S. The molecule has 3 aromatic rings. The number of aromatic nitrogens is 3. The molecule has 2 saturated carbocycles. The summed E-state index contributed by atoms with van der Waals surface area (Å²) in [6.07, 6.45) is 6.47. The van der Waals surface area contributed by atoms with Crippen LogP contribution in [0.5, 0.6) is 0 Å². The van der Waals surface area contributed by atoms with Crippen LogP contribution in [0.15, 0.2) is 58.3 Å². The summed E-state index contributed by atoms with van der Waals surface area (Å²) < 4.78 is 7.59. The maximum Gasteiger partial charge on any atom is 0.233 e. The number of carbonyl (C=O) groups is 1. The Morgan fingerprint density at radius 2 is 1.93 bits per heavy atom. The standard InChI is InChI=1S/C22H24N4O2S/c27-20(25(18-10-11-18)13-17-8-9-17)15-29-22-24-23-21(19-7-4-12-28-19)26(22)14-16-5-2-1-3-6-16/h1-7,12,17-18H,8-11,13-15H2. The molecule has 0 unspecified atom stereocenters. The molecule has 0 atom stereocenters. The lowest BCUT2D eigenvalue weighted by Crippen LogP contribution is -2.36. The van der Waals surface area contributed by atoms with E-state index in [0.717, 1.165) is 36.0 Å². The third-order valence-corrected chi connectivity index (χ3v) is 6.38. The number of hydrogen-bond donors (Lipinski definition) is 0. The number of carbonyl (C=O) groups excluding carboxylic acids is 1. The van der Waals surface area contributed by atoms with Gasteiger partial charge in [0.15, 0.2) is 10.9 Å². The first kappa shape index (κ1) is 18.5. The Bertz CT molecular complexity index is 962. The number of benzene rings is 1. The number of rotatable bonds is 9. The van der Waals surface area contributed by atoms with Crippen LogP contribution in [-0.4, -0.2) is 43.9 Å². The zero-order valence-corrected chi connectivity index (χ0v) is 17.1. The number of hydrogen-bond acceptors (Lipinski definition) is 5. The number of amides is 1. The van der Waals surface area contributed by atoms with Crippen LogP contribution in [0, 0.1) is 5.92 Å². The van der Waals surface area contributed by atoms with E-state index in [0.29, 0.717) is 29.9 Å². The summed E-state index contributed by atoms with van der Waals surface area (Å²) in [5.41, 5.74) is 1.15. The van der Waals surface area contributed by atoms with Gasteiger partial charge in [0.1, 0.15) is 0 Å². The van der Waals surface area contributed by atoms with E-state index in [-0.39, 0.29) is 5.91 Å². The fourth-order valence-electron chi connectivity index (χ4n) is 3.52. The quantitative estimate of drug-likeness (QED) is 0.499. The van der Waals surface area contributed by atoms with Gasteiger partial charge >= 0.3 is 0 Å². The highest BCUT2D eigenvalue weighted by Crippen LogP contribution is 2.35. The predicted molar refractivity (Wildman–Crippen MR) is 111 cm³/mol. The molecule has 1 aromatic carbocycles. The summed E-state index contributed by atoms with van der Waals surface area (Å²) in [7, 11) is 0. The van der Waals surface area contributed by atoms with Gasteiger partial charge in [0.2, 0.25) is 11.7 Å². The van der Waals surface area contributed by atoms with Gasteiger partial charge < -0.3 is 9.32 Å². The van der Waals surface area contributed by atoms with Crippen LogP contribution in [0.25, 0.3) is 11.6 Å². The molecule has 0 aliphatic heterocycles. The monoisotopic (exact) mass is 408 g/mol. The van der Waals surface area contributed by atoms with Crippen LogP contribution in [0.1, 0.15) is 31.2 Å². The molecule has 5 rings (SSSR count). The van der Waals surface area contributed by atoms with Gasteiger partial charge in [-0.2, -0.15) is 0 Å². The molecule has 2 fully saturated rings. The lowest BCUT2D eigenvalue weighted by Gasteiger charge is -2.22. The molecule has 0 saturated heterocycles. The third kappa shape index (κ3) is 4.40. The Labute approximate surface area is 174 Å². The Kier molecular flexibility index (Phi) is 5.14. The van der Waals surface area contributed by atoms with Crippen molar-refractivity contribution in [3.63, 3.8) is 0 Å². The highest BCUT2D eigenvalue weighted by atomic mass is 32.2. The average Bonchev–Trinajstić information content (AvgIpc) is 3.65.